The van der Waals surface area contributed by atoms with Crippen LogP contribution < -0.4 is 10.6 Å². The van der Waals surface area contributed by atoms with E-state index in [0.717, 1.165) is 22.8 Å². The first kappa shape index (κ1) is 30.3. The SMILES string of the molecule is Cc1ccc(C[C@H](NC(=O)c2ccncc2)C(=O)N[C@H](/C=C(\F)S(=O)(=O)c2ccccc2)CCc2ccccc2)cc1. The number of benzene rings is 3. The molecule has 0 bridgehead atoms. The summed E-state index contributed by atoms with van der Waals surface area (Å²) in [6.07, 6.45) is 4.73. The van der Waals surface area contributed by atoms with Crippen LogP contribution in [0.5, 0.6) is 0 Å². The summed E-state index contributed by atoms with van der Waals surface area (Å²) >= 11 is 0. The predicted molar refractivity (Wildman–Crippen MR) is 160 cm³/mol. The van der Waals surface area contributed by atoms with Gasteiger partial charge in [0, 0.05) is 24.4 Å². The molecule has 0 aliphatic rings. The van der Waals surface area contributed by atoms with Gasteiger partial charge in [-0.1, -0.05) is 78.4 Å². The van der Waals surface area contributed by atoms with Crippen LogP contribution in [0.3, 0.4) is 0 Å². The molecule has 216 valence electrons. The van der Waals surface area contributed by atoms with Crippen LogP contribution in [0.25, 0.3) is 0 Å². The Morgan fingerprint density at radius 2 is 1.45 bits per heavy atom. The van der Waals surface area contributed by atoms with E-state index in [1.807, 2.05) is 61.5 Å². The molecule has 1 heterocycles. The molecule has 3 aromatic carbocycles. The molecule has 7 nitrogen and oxygen atoms in total. The summed E-state index contributed by atoms with van der Waals surface area (Å²) in [6, 6.07) is 25.3. The lowest BCUT2D eigenvalue weighted by Crippen LogP contribution is -2.50. The summed E-state index contributed by atoms with van der Waals surface area (Å²) in [5.41, 5.74) is 3.12. The lowest BCUT2D eigenvalue weighted by atomic mass is 10.0. The second-order valence-corrected chi connectivity index (χ2v) is 11.7. The van der Waals surface area contributed by atoms with Crippen molar-refractivity contribution in [2.75, 3.05) is 0 Å². The standard InChI is InChI=1S/C33H32FN3O4S/c1-24-12-14-26(15-13-24)22-30(37-32(38)27-18-20-35-21-19-27)33(39)36-28(17-16-25-8-4-2-5-9-25)23-31(34)42(40,41)29-10-6-3-7-11-29/h2-15,18-21,23,28,30H,16-17,22H2,1H3,(H,36,39)(H,37,38)/b31-23+/t28-,30-/m0/s1. The van der Waals surface area contributed by atoms with Crippen LogP contribution >= 0.6 is 0 Å². The van der Waals surface area contributed by atoms with Crippen molar-refractivity contribution in [2.45, 2.75) is 43.2 Å². The molecular formula is C33H32FN3O4S. The number of nitrogens with zero attached hydrogens (tertiary/aromatic N) is 1. The van der Waals surface area contributed by atoms with E-state index in [9.17, 15) is 18.0 Å². The molecule has 2 N–H and O–H groups in total. The minimum absolute atomic E-state index is 0.169. The molecule has 4 rings (SSSR count). The zero-order valence-corrected chi connectivity index (χ0v) is 23.9. The minimum atomic E-state index is -4.41. The summed E-state index contributed by atoms with van der Waals surface area (Å²) in [7, 11) is -4.41. The van der Waals surface area contributed by atoms with Gasteiger partial charge in [-0.25, -0.2) is 8.42 Å². The molecular weight excluding hydrogens is 553 g/mol. The van der Waals surface area contributed by atoms with Crippen LogP contribution in [0.2, 0.25) is 0 Å². The zero-order valence-electron chi connectivity index (χ0n) is 23.1. The number of aromatic nitrogens is 1. The van der Waals surface area contributed by atoms with Crippen LogP contribution in [0.1, 0.15) is 33.5 Å². The van der Waals surface area contributed by atoms with E-state index in [4.69, 9.17) is 0 Å². The van der Waals surface area contributed by atoms with E-state index >= 15 is 4.39 Å². The third-order valence-corrected chi connectivity index (χ3v) is 8.22. The van der Waals surface area contributed by atoms with Crippen molar-refractivity contribution in [2.24, 2.45) is 0 Å². The lowest BCUT2D eigenvalue weighted by Gasteiger charge is -2.22. The molecule has 0 spiro atoms. The topological polar surface area (TPSA) is 105 Å². The Hall–Kier alpha value is -4.63. The monoisotopic (exact) mass is 585 g/mol. The fraction of sp³-hybridized carbons (Fsp3) is 0.182. The van der Waals surface area contributed by atoms with Crippen molar-refractivity contribution in [1.82, 2.24) is 15.6 Å². The van der Waals surface area contributed by atoms with Crippen LogP contribution in [0.15, 0.2) is 126 Å². The van der Waals surface area contributed by atoms with Gasteiger partial charge in [-0.2, -0.15) is 4.39 Å². The number of rotatable bonds is 12. The third kappa shape index (κ3) is 8.44. The average Bonchev–Trinajstić information content (AvgIpc) is 3.01. The Morgan fingerprint density at radius 1 is 0.833 bits per heavy atom. The summed E-state index contributed by atoms with van der Waals surface area (Å²) in [5.74, 6) is -1.05. The fourth-order valence-electron chi connectivity index (χ4n) is 4.32. The van der Waals surface area contributed by atoms with Crippen molar-refractivity contribution >= 4 is 21.7 Å². The number of halogens is 1. The first-order chi connectivity index (χ1) is 20.2. The second-order valence-electron chi connectivity index (χ2n) is 9.88. The number of amides is 2. The predicted octanol–water partition coefficient (Wildman–Crippen LogP) is 5.13. The highest BCUT2D eigenvalue weighted by Crippen LogP contribution is 2.21. The highest BCUT2D eigenvalue weighted by molar-refractivity contribution is 7.95. The molecule has 0 saturated heterocycles. The number of hydrogen-bond donors (Lipinski definition) is 2. The zero-order chi connectivity index (χ0) is 30.0. The largest absolute Gasteiger partial charge is 0.348 e. The summed E-state index contributed by atoms with van der Waals surface area (Å²) in [6.45, 7) is 1.95. The van der Waals surface area contributed by atoms with Gasteiger partial charge in [0.1, 0.15) is 6.04 Å². The summed E-state index contributed by atoms with van der Waals surface area (Å²) in [5, 5.41) is 4.20. The van der Waals surface area contributed by atoms with Gasteiger partial charge >= 0.3 is 0 Å². The molecule has 0 aliphatic heterocycles. The maximum absolute atomic E-state index is 15.4. The first-order valence-electron chi connectivity index (χ1n) is 13.5. The highest BCUT2D eigenvalue weighted by Gasteiger charge is 2.27. The molecule has 9 heteroatoms. The number of hydrogen-bond acceptors (Lipinski definition) is 5. The molecule has 0 fully saturated rings. The van der Waals surface area contributed by atoms with E-state index in [1.54, 1.807) is 6.07 Å². The van der Waals surface area contributed by atoms with Crippen molar-refractivity contribution < 1.29 is 22.4 Å². The van der Waals surface area contributed by atoms with Crippen molar-refractivity contribution in [3.8, 4) is 0 Å². The van der Waals surface area contributed by atoms with Gasteiger partial charge in [-0.3, -0.25) is 14.6 Å². The average molecular weight is 586 g/mol. The van der Waals surface area contributed by atoms with Gasteiger partial charge in [-0.05, 0) is 61.2 Å². The molecule has 0 radical (unpaired) electrons. The van der Waals surface area contributed by atoms with Gasteiger partial charge in [0.25, 0.3) is 5.91 Å². The quantitative estimate of drug-likeness (QED) is 0.240. The van der Waals surface area contributed by atoms with Crippen molar-refractivity contribution in [1.29, 1.82) is 0 Å². The van der Waals surface area contributed by atoms with Crippen LogP contribution in [0, 0.1) is 6.92 Å². The molecule has 4 aromatic rings. The van der Waals surface area contributed by atoms with Crippen LogP contribution in [-0.2, 0) is 27.5 Å². The number of pyridine rings is 1. The molecule has 0 saturated carbocycles. The fourth-order valence-corrected chi connectivity index (χ4v) is 5.41. The lowest BCUT2D eigenvalue weighted by molar-refractivity contribution is -0.123. The van der Waals surface area contributed by atoms with E-state index in [2.05, 4.69) is 15.6 Å². The Kier molecular flexibility index (Phi) is 10.3. The smallest absolute Gasteiger partial charge is 0.252 e. The maximum Gasteiger partial charge on any atom is 0.252 e. The number of nitrogens with one attached hydrogen (secondary N) is 2. The van der Waals surface area contributed by atoms with Crippen LogP contribution in [0.4, 0.5) is 4.39 Å². The number of sulfone groups is 1. The Morgan fingerprint density at radius 3 is 2.10 bits per heavy atom. The minimum Gasteiger partial charge on any atom is -0.348 e. The Bertz CT molecular complexity index is 1610. The second kappa shape index (κ2) is 14.3. The summed E-state index contributed by atoms with van der Waals surface area (Å²) < 4.78 is 41.2. The first-order valence-corrected chi connectivity index (χ1v) is 15.0. The van der Waals surface area contributed by atoms with Gasteiger partial charge in [-0.15, -0.1) is 0 Å². The Balaban J connectivity index is 1.61. The van der Waals surface area contributed by atoms with Gasteiger partial charge in [0.15, 0.2) is 0 Å². The number of aryl methyl sites for hydroxylation is 2. The molecule has 1 aromatic heterocycles. The van der Waals surface area contributed by atoms with E-state index in [1.165, 1.54) is 48.8 Å². The Labute approximate surface area is 245 Å². The molecule has 2 atom stereocenters. The van der Waals surface area contributed by atoms with Gasteiger partial charge < -0.3 is 10.6 Å². The van der Waals surface area contributed by atoms with E-state index in [0.29, 0.717) is 12.0 Å². The van der Waals surface area contributed by atoms with Gasteiger partial charge in [0.2, 0.25) is 20.9 Å². The van der Waals surface area contributed by atoms with Crippen molar-refractivity contribution in [3.05, 3.63) is 143 Å². The number of carbonyl (C=O) groups excluding carboxylic acids is 2. The van der Waals surface area contributed by atoms with Crippen molar-refractivity contribution in [3.63, 3.8) is 0 Å². The van der Waals surface area contributed by atoms with E-state index in [-0.39, 0.29) is 17.7 Å². The molecule has 2 amide bonds. The maximum atomic E-state index is 15.4. The third-order valence-electron chi connectivity index (χ3n) is 6.68. The number of carbonyl (C=O) groups is 2. The summed E-state index contributed by atoms with van der Waals surface area (Å²) in [4.78, 5) is 30.4. The normalized spacial score (nSPS) is 13.1. The molecule has 42 heavy (non-hydrogen) atoms. The van der Waals surface area contributed by atoms with Crippen LogP contribution in [-0.4, -0.2) is 37.3 Å². The van der Waals surface area contributed by atoms with E-state index < -0.39 is 38.9 Å². The highest BCUT2D eigenvalue weighted by atomic mass is 32.2. The molecule has 0 unspecified atom stereocenters. The van der Waals surface area contributed by atoms with Gasteiger partial charge in [0.05, 0.1) is 10.9 Å². The molecule has 0 aliphatic carbocycles.